The third-order valence-corrected chi connectivity index (χ3v) is 5.97. The van der Waals surface area contributed by atoms with E-state index >= 15 is 0 Å². The average Bonchev–Trinajstić information content (AvgIpc) is 2.59. The number of hydrogen-bond acceptors (Lipinski definition) is 6. The molecule has 1 aromatic carbocycles. The van der Waals surface area contributed by atoms with E-state index < -0.39 is 27.9 Å². The fourth-order valence-corrected chi connectivity index (χ4v) is 3.74. The SMILES string of the molecule is COC(=O)[C@H](CCSC)NC(=O)CCNS(=O)(=O)c1ccc(C)c(C)c1. The van der Waals surface area contributed by atoms with Crippen molar-refractivity contribution in [1.29, 1.82) is 0 Å². The molecule has 26 heavy (non-hydrogen) atoms. The molecule has 0 unspecified atom stereocenters. The van der Waals surface area contributed by atoms with Gasteiger partial charge < -0.3 is 10.1 Å². The Morgan fingerprint density at radius 2 is 1.92 bits per heavy atom. The molecule has 2 N–H and O–H groups in total. The number of carbonyl (C=O) groups excluding carboxylic acids is 2. The largest absolute Gasteiger partial charge is 0.467 e. The first-order valence-corrected chi connectivity index (χ1v) is 11.0. The van der Waals surface area contributed by atoms with Crippen molar-refractivity contribution < 1.29 is 22.7 Å². The smallest absolute Gasteiger partial charge is 0.328 e. The van der Waals surface area contributed by atoms with Crippen LogP contribution >= 0.6 is 11.8 Å². The first-order valence-electron chi connectivity index (χ1n) is 8.14. The summed E-state index contributed by atoms with van der Waals surface area (Å²) < 4.78 is 31.6. The topological polar surface area (TPSA) is 102 Å². The number of rotatable bonds is 10. The normalized spacial score (nSPS) is 12.5. The Kier molecular flexibility index (Phi) is 9.11. The van der Waals surface area contributed by atoms with Crippen molar-refractivity contribution in [2.75, 3.05) is 25.7 Å². The predicted molar refractivity (Wildman–Crippen MR) is 103 cm³/mol. The predicted octanol–water partition coefficient (Wildman–Crippen LogP) is 1.38. The van der Waals surface area contributed by atoms with Crippen LogP contribution in [0.15, 0.2) is 23.1 Å². The van der Waals surface area contributed by atoms with Crippen LogP contribution in [-0.4, -0.2) is 52.0 Å². The van der Waals surface area contributed by atoms with E-state index in [1.807, 2.05) is 20.1 Å². The molecule has 0 saturated heterocycles. The van der Waals surface area contributed by atoms with Gasteiger partial charge in [0.15, 0.2) is 0 Å². The van der Waals surface area contributed by atoms with Crippen LogP contribution in [0.5, 0.6) is 0 Å². The van der Waals surface area contributed by atoms with Gasteiger partial charge in [-0.1, -0.05) is 6.07 Å². The summed E-state index contributed by atoms with van der Waals surface area (Å²) in [6.07, 6.45) is 2.28. The molecule has 9 heteroatoms. The fourth-order valence-electron chi connectivity index (χ4n) is 2.16. The van der Waals surface area contributed by atoms with Crippen molar-refractivity contribution in [3.05, 3.63) is 29.3 Å². The summed E-state index contributed by atoms with van der Waals surface area (Å²) >= 11 is 1.56. The van der Waals surface area contributed by atoms with Crippen molar-refractivity contribution in [3.63, 3.8) is 0 Å². The zero-order valence-corrected chi connectivity index (χ0v) is 17.1. The number of hydrogen-bond donors (Lipinski definition) is 2. The molecule has 0 aromatic heterocycles. The van der Waals surface area contributed by atoms with E-state index in [0.29, 0.717) is 12.2 Å². The average molecular weight is 403 g/mol. The molecule has 1 amide bonds. The monoisotopic (exact) mass is 402 g/mol. The molecule has 146 valence electrons. The van der Waals surface area contributed by atoms with Crippen LogP contribution in [0.4, 0.5) is 0 Å². The number of nitrogens with one attached hydrogen (secondary N) is 2. The molecule has 7 nitrogen and oxygen atoms in total. The lowest BCUT2D eigenvalue weighted by atomic mass is 10.1. The van der Waals surface area contributed by atoms with Gasteiger partial charge in [0.2, 0.25) is 15.9 Å². The minimum Gasteiger partial charge on any atom is -0.467 e. The van der Waals surface area contributed by atoms with Gasteiger partial charge in [-0.3, -0.25) is 4.79 Å². The van der Waals surface area contributed by atoms with E-state index in [1.165, 1.54) is 13.2 Å². The third-order valence-electron chi connectivity index (χ3n) is 3.86. The molecule has 1 aromatic rings. The number of thioether (sulfide) groups is 1. The van der Waals surface area contributed by atoms with E-state index in [0.717, 1.165) is 11.1 Å². The van der Waals surface area contributed by atoms with Crippen LogP contribution in [0, 0.1) is 13.8 Å². The number of carbonyl (C=O) groups is 2. The van der Waals surface area contributed by atoms with E-state index in [1.54, 1.807) is 23.9 Å². The lowest BCUT2D eigenvalue weighted by molar-refractivity contribution is -0.145. The molecule has 1 atom stereocenters. The van der Waals surface area contributed by atoms with Crippen LogP contribution in [-0.2, 0) is 24.3 Å². The quantitative estimate of drug-likeness (QED) is 0.574. The molecule has 0 bridgehead atoms. The number of sulfonamides is 1. The van der Waals surface area contributed by atoms with Crippen LogP contribution in [0.1, 0.15) is 24.0 Å². The molecule has 0 spiro atoms. The van der Waals surface area contributed by atoms with Crippen molar-refractivity contribution >= 4 is 33.7 Å². The third kappa shape index (κ3) is 6.97. The van der Waals surface area contributed by atoms with Crippen molar-refractivity contribution in [2.24, 2.45) is 0 Å². The Morgan fingerprint density at radius 3 is 2.50 bits per heavy atom. The lowest BCUT2D eigenvalue weighted by Crippen LogP contribution is -2.43. The second kappa shape index (κ2) is 10.5. The summed E-state index contributed by atoms with van der Waals surface area (Å²) in [4.78, 5) is 23.8. The van der Waals surface area contributed by atoms with Crippen LogP contribution in [0.2, 0.25) is 0 Å². The molecular weight excluding hydrogens is 376 g/mol. The summed E-state index contributed by atoms with van der Waals surface area (Å²) in [5.74, 6) is -0.230. The summed E-state index contributed by atoms with van der Waals surface area (Å²) in [5.41, 5.74) is 1.88. The summed E-state index contributed by atoms with van der Waals surface area (Å²) in [7, 11) is -2.42. The molecule has 0 heterocycles. The second-order valence-corrected chi connectivity index (χ2v) is 8.57. The van der Waals surface area contributed by atoms with Gasteiger partial charge >= 0.3 is 5.97 Å². The van der Waals surface area contributed by atoms with Crippen molar-refractivity contribution in [1.82, 2.24) is 10.0 Å². The number of aryl methyl sites for hydroxylation is 2. The maximum atomic E-state index is 12.3. The van der Waals surface area contributed by atoms with Crippen LogP contribution in [0.3, 0.4) is 0 Å². The summed E-state index contributed by atoms with van der Waals surface area (Å²) in [5, 5.41) is 2.58. The highest BCUT2D eigenvalue weighted by Crippen LogP contribution is 2.14. The highest BCUT2D eigenvalue weighted by molar-refractivity contribution is 7.98. The van der Waals surface area contributed by atoms with Gasteiger partial charge in [-0.15, -0.1) is 0 Å². The van der Waals surface area contributed by atoms with Gasteiger partial charge in [-0.25, -0.2) is 17.9 Å². The highest BCUT2D eigenvalue weighted by atomic mass is 32.2. The Bertz CT molecular complexity index is 735. The molecule has 0 fully saturated rings. The molecular formula is C17H26N2O5S2. The maximum absolute atomic E-state index is 12.3. The Morgan fingerprint density at radius 1 is 1.23 bits per heavy atom. The number of ether oxygens (including phenoxy) is 1. The lowest BCUT2D eigenvalue weighted by Gasteiger charge is -2.16. The van der Waals surface area contributed by atoms with Crippen LogP contribution < -0.4 is 10.0 Å². The van der Waals surface area contributed by atoms with Gasteiger partial charge in [0.05, 0.1) is 12.0 Å². The molecule has 0 aliphatic heterocycles. The Balaban J connectivity index is 2.58. The standard InChI is InChI=1S/C17H26N2O5S2/c1-12-5-6-14(11-13(12)2)26(22,23)18-9-7-16(20)19-15(8-10-25-4)17(21)24-3/h5-6,11,15,18H,7-10H2,1-4H3,(H,19,20)/t15-/m0/s1. The van der Waals surface area contributed by atoms with Gasteiger partial charge in [0.1, 0.15) is 6.04 Å². The number of amides is 1. The molecule has 0 radical (unpaired) electrons. The number of methoxy groups -OCH3 is 1. The van der Waals surface area contributed by atoms with E-state index in [-0.39, 0.29) is 17.9 Å². The number of benzene rings is 1. The first-order chi connectivity index (χ1) is 12.2. The van der Waals surface area contributed by atoms with Gasteiger partial charge in [-0.05, 0) is 55.5 Å². The minimum atomic E-state index is -3.68. The number of esters is 1. The highest BCUT2D eigenvalue weighted by Gasteiger charge is 2.21. The van der Waals surface area contributed by atoms with Crippen LogP contribution in [0.25, 0.3) is 0 Å². The molecule has 0 aliphatic rings. The van der Waals surface area contributed by atoms with Crippen molar-refractivity contribution in [3.8, 4) is 0 Å². The summed E-state index contributed by atoms with van der Waals surface area (Å²) in [6.45, 7) is 3.68. The van der Waals surface area contributed by atoms with E-state index in [4.69, 9.17) is 0 Å². The van der Waals surface area contributed by atoms with Gasteiger partial charge in [0, 0.05) is 13.0 Å². The maximum Gasteiger partial charge on any atom is 0.328 e. The molecule has 0 aliphatic carbocycles. The van der Waals surface area contributed by atoms with Gasteiger partial charge in [-0.2, -0.15) is 11.8 Å². The molecule has 0 saturated carbocycles. The summed E-state index contributed by atoms with van der Waals surface area (Å²) in [6, 6.07) is 4.13. The first kappa shape index (κ1) is 22.5. The Hall–Kier alpha value is -1.58. The van der Waals surface area contributed by atoms with E-state index in [9.17, 15) is 18.0 Å². The Labute approximate surface area is 159 Å². The van der Waals surface area contributed by atoms with E-state index in [2.05, 4.69) is 14.8 Å². The zero-order chi connectivity index (χ0) is 19.7. The second-order valence-electron chi connectivity index (χ2n) is 5.82. The molecule has 1 rings (SSSR count). The van der Waals surface area contributed by atoms with Crippen molar-refractivity contribution in [2.45, 2.75) is 37.6 Å². The fraction of sp³-hybridized carbons (Fsp3) is 0.529. The minimum absolute atomic E-state index is 0.0580. The zero-order valence-electron chi connectivity index (χ0n) is 15.5. The van der Waals surface area contributed by atoms with Gasteiger partial charge in [0.25, 0.3) is 0 Å².